The second kappa shape index (κ2) is 5.61. The van der Waals surface area contributed by atoms with E-state index in [0.29, 0.717) is 22.2 Å². The Hall–Kier alpha value is -3.08. The van der Waals surface area contributed by atoms with E-state index >= 15 is 0 Å². The molecule has 3 aromatic rings. The standard InChI is InChI=1S/C18H16N2O3/c1-10-7-8-12(9-11(10)2)18(22)20-15-13-5-3-4-6-14(13)23-16(15)17(19)21/h3-9H,1-2H3,(H2,19,21)(H,20,22). The van der Waals surface area contributed by atoms with Gasteiger partial charge in [0.15, 0.2) is 0 Å². The Balaban J connectivity index is 2.03. The molecule has 3 rings (SSSR count). The molecule has 0 aliphatic rings. The summed E-state index contributed by atoms with van der Waals surface area (Å²) in [5.41, 5.74) is 8.78. The van der Waals surface area contributed by atoms with E-state index in [2.05, 4.69) is 5.32 Å². The Kier molecular flexibility index (Phi) is 3.62. The van der Waals surface area contributed by atoms with Gasteiger partial charge in [0, 0.05) is 10.9 Å². The van der Waals surface area contributed by atoms with Crippen LogP contribution in [0.25, 0.3) is 11.0 Å². The Morgan fingerprint density at radius 1 is 1.04 bits per heavy atom. The van der Waals surface area contributed by atoms with Gasteiger partial charge in [0.2, 0.25) is 5.76 Å². The third-order valence-corrected chi connectivity index (χ3v) is 3.83. The molecule has 0 fully saturated rings. The fourth-order valence-corrected chi connectivity index (χ4v) is 2.41. The molecule has 2 amide bonds. The van der Waals surface area contributed by atoms with Crippen molar-refractivity contribution in [2.24, 2.45) is 5.73 Å². The fourth-order valence-electron chi connectivity index (χ4n) is 2.41. The number of hydrogen-bond donors (Lipinski definition) is 2. The number of amides is 2. The van der Waals surface area contributed by atoms with Crippen LogP contribution in [0.5, 0.6) is 0 Å². The van der Waals surface area contributed by atoms with E-state index in [0.717, 1.165) is 11.1 Å². The van der Waals surface area contributed by atoms with E-state index in [1.54, 1.807) is 36.4 Å². The average molecular weight is 308 g/mol. The first-order valence-corrected chi connectivity index (χ1v) is 7.17. The highest BCUT2D eigenvalue weighted by atomic mass is 16.3. The molecule has 0 bridgehead atoms. The predicted molar refractivity (Wildman–Crippen MR) is 88.6 cm³/mol. The molecule has 0 spiro atoms. The molecule has 0 atom stereocenters. The van der Waals surface area contributed by atoms with Gasteiger partial charge in [-0.1, -0.05) is 18.2 Å². The minimum atomic E-state index is -0.725. The lowest BCUT2D eigenvalue weighted by Crippen LogP contribution is -2.17. The molecule has 3 N–H and O–H groups in total. The van der Waals surface area contributed by atoms with Gasteiger partial charge in [-0.3, -0.25) is 9.59 Å². The second-order valence-corrected chi connectivity index (χ2v) is 5.42. The van der Waals surface area contributed by atoms with E-state index in [9.17, 15) is 9.59 Å². The summed E-state index contributed by atoms with van der Waals surface area (Å²) < 4.78 is 5.45. The maximum Gasteiger partial charge on any atom is 0.286 e. The van der Waals surface area contributed by atoms with Crippen molar-refractivity contribution in [3.05, 3.63) is 64.9 Å². The van der Waals surface area contributed by atoms with E-state index in [1.807, 2.05) is 19.9 Å². The molecule has 0 aliphatic heterocycles. The average Bonchev–Trinajstić information content (AvgIpc) is 2.89. The smallest absolute Gasteiger partial charge is 0.286 e. The fraction of sp³-hybridized carbons (Fsp3) is 0.111. The van der Waals surface area contributed by atoms with Crippen LogP contribution in [0.4, 0.5) is 5.69 Å². The number of furan rings is 1. The van der Waals surface area contributed by atoms with Crippen LogP contribution in [0, 0.1) is 13.8 Å². The summed E-state index contributed by atoms with van der Waals surface area (Å²) in [6.45, 7) is 3.92. The van der Waals surface area contributed by atoms with Crippen molar-refractivity contribution in [1.29, 1.82) is 0 Å². The van der Waals surface area contributed by atoms with Crippen molar-refractivity contribution in [3.8, 4) is 0 Å². The topological polar surface area (TPSA) is 85.3 Å². The van der Waals surface area contributed by atoms with Gasteiger partial charge in [-0.15, -0.1) is 0 Å². The third kappa shape index (κ3) is 2.68. The molecule has 0 unspecified atom stereocenters. The number of primary amides is 1. The van der Waals surface area contributed by atoms with Gasteiger partial charge in [0.1, 0.15) is 11.3 Å². The van der Waals surface area contributed by atoms with Crippen LogP contribution in [0.15, 0.2) is 46.9 Å². The summed E-state index contributed by atoms with van der Waals surface area (Å²) in [4.78, 5) is 24.1. The van der Waals surface area contributed by atoms with Gasteiger partial charge >= 0.3 is 0 Å². The first kappa shape index (κ1) is 14.8. The Bertz CT molecular complexity index is 925. The third-order valence-electron chi connectivity index (χ3n) is 3.83. The molecule has 1 aromatic heterocycles. The number of nitrogens with two attached hydrogens (primary N) is 1. The molecule has 1 heterocycles. The lowest BCUT2D eigenvalue weighted by Gasteiger charge is -2.07. The first-order chi connectivity index (χ1) is 11.0. The van der Waals surface area contributed by atoms with Crippen molar-refractivity contribution >= 4 is 28.5 Å². The number of carbonyl (C=O) groups is 2. The minimum absolute atomic E-state index is 0.0524. The van der Waals surface area contributed by atoms with E-state index < -0.39 is 5.91 Å². The summed E-state index contributed by atoms with van der Waals surface area (Å²) in [5, 5.41) is 3.38. The number of aryl methyl sites for hydroxylation is 2. The minimum Gasteiger partial charge on any atom is -0.449 e. The first-order valence-electron chi connectivity index (χ1n) is 7.17. The number of carbonyl (C=O) groups excluding carboxylic acids is 2. The van der Waals surface area contributed by atoms with Gasteiger partial charge < -0.3 is 15.5 Å². The summed E-state index contributed by atoms with van der Waals surface area (Å²) in [6, 6.07) is 12.5. The monoisotopic (exact) mass is 308 g/mol. The Morgan fingerprint density at radius 2 is 1.78 bits per heavy atom. The lowest BCUT2D eigenvalue weighted by atomic mass is 10.1. The number of benzene rings is 2. The molecule has 5 heteroatoms. The van der Waals surface area contributed by atoms with E-state index in [1.165, 1.54) is 0 Å². The van der Waals surface area contributed by atoms with E-state index in [-0.39, 0.29) is 11.7 Å². The molecule has 5 nitrogen and oxygen atoms in total. The molecule has 116 valence electrons. The van der Waals surface area contributed by atoms with Gasteiger partial charge in [0.05, 0.1) is 0 Å². The lowest BCUT2D eigenvalue weighted by molar-refractivity contribution is 0.0977. The predicted octanol–water partition coefficient (Wildman–Crippen LogP) is 3.40. The molecule has 0 radical (unpaired) electrons. The van der Waals surface area contributed by atoms with Crippen LogP contribution in [-0.2, 0) is 0 Å². The van der Waals surface area contributed by atoms with Crippen LogP contribution in [0.2, 0.25) is 0 Å². The van der Waals surface area contributed by atoms with Crippen LogP contribution >= 0.6 is 0 Å². The number of fused-ring (bicyclic) bond motifs is 1. The number of anilines is 1. The number of hydrogen-bond acceptors (Lipinski definition) is 3. The van der Waals surface area contributed by atoms with Crippen molar-refractivity contribution in [2.75, 3.05) is 5.32 Å². The summed E-state index contributed by atoms with van der Waals surface area (Å²) >= 11 is 0. The zero-order valence-corrected chi connectivity index (χ0v) is 12.8. The van der Waals surface area contributed by atoms with Gasteiger partial charge in [-0.05, 0) is 49.2 Å². The largest absolute Gasteiger partial charge is 0.449 e. The Morgan fingerprint density at radius 3 is 2.48 bits per heavy atom. The molecule has 23 heavy (non-hydrogen) atoms. The zero-order chi connectivity index (χ0) is 16.6. The molecule has 0 saturated carbocycles. The zero-order valence-electron chi connectivity index (χ0n) is 12.8. The Labute approximate surface area is 133 Å². The highest BCUT2D eigenvalue weighted by Crippen LogP contribution is 2.31. The second-order valence-electron chi connectivity index (χ2n) is 5.42. The molecule has 0 aliphatic carbocycles. The number of nitrogens with one attached hydrogen (secondary N) is 1. The normalized spacial score (nSPS) is 10.7. The molecular weight excluding hydrogens is 292 g/mol. The highest BCUT2D eigenvalue weighted by Gasteiger charge is 2.20. The van der Waals surface area contributed by atoms with Gasteiger partial charge in [0.25, 0.3) is 11.8 Å². The van der Waals surface area contributed by atoms with Crippen molar-refractivity contribution in [2.45, 2.75) is 13.8 Å². The van der Waals surface area contributed by atoms with E-state index in [4.69, 9.17) is 10.2 Å². The molecular formula is C18H16N2O3. The number of rotatable bonds is 3. The van der Waals surface area contributed by atoms with Gasteiger partial charge in [-0.2, -0.15) is 0 Å². The summed E-state index contributed by atoms with van der Waals surface area (Å²) in [6.07, 6.45) is 0. The maximum absolute atomic E-state index is 12.5. The van der Waals surface area contributed by atoms with Crippen LogP contribution in [0.1, 0.15) is 32.0 Å². The van der Waals surface area contributed by atoms with Crippen LogP contribution in [0.3, 0.4) is 0 Å². The molecule has 0 saturated heterocycles. The summed E-state index contributed by atoms with van der Waals surface area (Å²) in [7, 11) is 0. The highest BCUT2D eigenvalue weighted by molar-refractivity contribution is 6.14. The SMILES string of the molecule is Cc1ccc(C(=O)Nc2c(C(N)=O)oc3ccccc23)cc1C. The maximum atomic E-state index is 12.5. The van der Waals surface area contributed by atoms with Crippen molar-refractivity contribution in [1.82, 2.24) is 0 Å². The molecule has 2 aromatic carbocycles. The van der Waals surface area contributed by atoms with Crippen LogP contribution in [-0.4, -0.2) is 11.8 Å². The summed E-state index contributed by atoms with van der Waals surface area (Å²) in [5.74, 6) is -1.10. The number of para-hydroxylation sites is 1. The quantitative estimate of drug-likeness (QED) is 0.777. The van der Waals surface area contributed by atoms with Gasteiger partial charge in [-0.25, -0.2) is 0 Å². The van der Waals surface area contributed by atoms with Crippen molar-refractivity contribution in [3.63, 3.8) is 0 Å². The van der Waals surface area contributed by atoms with Crippen LogP contribution < -0.4 is 11.1 Å². The van der Waals surface area contributed by atoms with Crippen molar-refractivity contribution < 1.29 is 14.0 Å².